The van der Waals surface area contributed by atoms with Gasteiger partial charge in [0.05, 0.1) is 18.8 Å². The van der Waals surface area contributed by atoms with Gasteiger partial charge in [0.15, 0.2) is 0 Å². The second kappa shape index (κ2) is 6.04. The summed E-state index contributed by atoms with van der Waals surface area (Å²) in [5, 5.41) is 9.21. The van der Waals surface area contributed by atoms with Gasteiger partial charge in [-0.25, -0.2) is 0 Å². The zero-order valence-corrected chi connectivity index (χ0v) is 11.1. The Morgan fingerprint density at radius 2 is 2.21 bits per heavy atom. The number of nitrogens with two attached hydrogens (primary N) is 1. The molecule has 1 aliphatic heterocycles. The number of phenolic OH excluding ortho intramolecular Hbond substituents is 1. The van der Waals surface area contributed by atoms with Crippen LogP contribution in [-0.2, 0) is 16.0 Å². The van der Waals surface area contributed by atoms with Crippen LogP contribution in [0.2, 0.25) is 0 Å². The minimum Gasteiger partial charge on any atom is -0.508 e. The van der Waals surface area contributed by atoms with Crippen LogP contribution in [-0.4, -0.2) is 47.8 Å². The van der Waals surface area contributed by atoms with Gasteiger partial charge in [-0.3, -0.25) is 4.79 Å². The highest BCUT2D eigenvalue weighted by molar-refractivity contribution is 5.82. The Morgan fingerprint density at radius 1 is 1.53 bits per heavy atom. The fourth-order valence-corrected chi connectivity index (χ4v) is 2.23. The van der Waals surface area contributed by atoms with E-state index < -0.39 is 6.04 Å². The monoisotopic (exact) mass is 264 g/mol. The molecule has 5 heteroatoms. The standard InChI is InChI=1S/C14H20N2O3/c1-10-9-16(6-7-19-10)14(18)13(15)8-11-2-4-12(17)5-3-11/h2-5,10,13,17H,6-9,15H2,1H3. The van der Waals surface area contributed by atoms with E-state index in [1.165, 1.54) is 0 Å². The Kier molecular flexibility index (Phi) is 4.39. The van der Waals surface area contributed by atoms with Crippen LogP contribution in [0.15, 0.2) is 24.3 Å². The van der Waals surface area contributed by atoms with Gasteiger partial charge in [0.2, 0.25) is 5.91 Å². The van der Waals surface area contributed by atoms with Crippen LogP contribution in [0.25, 0.3) is 0 Å². The molecule has 1 amide bonds. The van der Waals surface area contributed by atoms with Crippen molar-refractivity contribution in [1.29, 1.82) is 0 Å². The van der Waals surface area contributed by atoms with E-state index in [9.17, 15) is 9.90 Å². The highest BCUT2D eigenvalue weighted by atomic mass is 16.5. The number of amides is 1. The SMILES string of the molecule is CC1CN(C(=O)C(N)Cc2ccc(O)cc2)CCO1. The molecule has 0 radical (unpaired) electrons. The molecule has 104 valence electrons. The molecule has 1 aliphatic rings. The molecule has 2 atom stereocenters. The number of aromatic hydroxyl groups is 1. The maximum atomic E-state index is 12.2. The number of carbonyl (C=O) groups is 1. The first kappa shape index (κ1) is 13.8. The summed E-state index contributed by atoms with van der Waals surface area (Å²) in [5.74, 6) is 0.175. The number of benzene rings is 1. The lowest BCUT2D eigenvalue weighted by atomic mass is 10.0. The normalized spacial score (nSPS) is 21.2. The van der Waals surface area contributed by atoms with Crippen LogP contribution < -0.4 is 5.73 Å². The lowest BCUT2D eigenvalue weighted by Gasteiger charge is -2.32. The average Bonchev–Trinajstić information content (AvgIpc) is 2.40. The number of rotatable bonds is 3. The van der Waals surface area contributed by atoms with Crippen LogP contribution in [0, 0.1) is 0 Å². The minimum absolute atomic E-state index is 0.0387. The molecule has 0 spiro atoms. The van der Waals surface area contributed by atoms with Gasteiger partial charge in [-0.05, 0) is 31.0 Å². The predicted octanol–water partition coefficient (Wildman–Crippen LogP) is 0.509. The summed E-state index contributed by atoms with van der Waals surface area (Å²) in [6.45, 7) is 3.72. The Labute approximate surface area is 113 Å². The number of phenols is 1. The van der Waals surface area contributed by atoms with Gasteiger partial charge in [-0.15, -0.1) is 0 Å². The third-order valence-corrected chi connectivity index (χ3v) is 3.26. The summed E-state index contributed by atoms with van der Waals surface area (Å²) in [6, 6.07) is 6.22. The van der Waals surface area contributed by atoms with Gasteiger partial charge in [0.1, 0.15) is 5.75 Å². The van der Waals surface area contributed by atoms with Crippen molar-refractivity contribution >= 4 is 5.91 Å². The van der Waals surface area contributed by atoms with E-state index in [2.05, 4.69) is 0 Å². The molecule has 0 bridgehead atoms. The third kappa shape index (κ3) is 3.68. The molecule has 1 aromatic rings. The second-order valence-corrected chi connectivity index (χ2v) is 4.94. The van der Waals surface area contributed by atoms with Gasteiger partial charge < -0.3 is 20.5 Å². The molecule has 1 aromatic carbocycles. The van der Waals surface area contributed by atoms with Crippen LogP contribution in [0.5, 0.6) is 5.75 Å². The van der Waals surface area contributed by atoms with Crippen molar-refractivity contribution in [1.82, 2.24) is 4.90 Å². The predicted molar refractivity (Wildman–Crippen MR) is 71.8 cm³/mol. The first-order chi connectivity index (χ1) is 9.06. The number of nitrogens with zero attached hydrogens (tertiary/aromatic N) is 1. The smallest absolute Gasteiger partial charge is 0.239 e. The van der Waals surface area contributed by atoms with Crippen LogP contribution in [0.4, 0.5) is 0 Å². The van der Waals surface area contributed by atoms with Gasteiger partial charge in [-0.2, -0.15) is 0 Å². The molecule has 19 heavy (non-hydrogen) atoms. The number of ether oxygens (including phenoxy) is 1. The van der Waals surface area contributed by atoms with E-state index in [1.807, 2.05) is 6.92 Å². The van der Waals surface area contributed by atoms with Crippen LogP contribution in [0.1, 0.15) is 12.5 Å². The molecule has 0 aliphatic carbocycles. The molecule has 1 saturated heterocycles. The molecule has 0 aromatic heterocycles. The largest absolute Gasteiger partial charge is 0.508 e. The molecule has 1 heterocycles. The van der Waals surface area contributed by atoms with Crippen molar-refractivity contribution in [3.63, 3.8) is 0 Å². The van der Waals surface area contributed by atoms with Crippen molar-refractivity contribution < 1.29 is 14.6 Å². The minimum atomic E-state index is -0.546. The zero-order chi connectivity index (χ0) is 13.8. The van der Waals surface area contributed by atoms with Gasteiger partial charge in [0, 0.05) is 13.1 Å². The Hall–Kier alpha value is -1.59. The van der Waals surface area contributed by atoms with Gasteiger partial charge in [0.25, 0.3) is 0 Å². The fourth-order valence-electron chi connectivity index (χ4n) is 2.23. The Morgan fingerprint density at radius 3 is 2.84 bits per heavy atom. The van der Waals surface area contributed by atoms with Crippen LogP contribution >= 0.6 is 0 Å². The molecule has 1 fully saturated rings. The maximum absolute atomic E-state index is 12.2. The summed E-state index contributed by atoms with van der Waals surface area (Å²) >= 11 is 0. The lowest BCUT2D eigenvalue weighted by molar-refractivity contribution is -0.139. The first-order valence-electron chi connectivity index (χ1n) is 6.50. The van der Waals surface area contributed by atoms with E-state index in [4.69, 9.17) is 10.5 Å². The lowest BCUT2D eigenvalue weighted by Crippen LogP contribution is -2.51. The number of carbonyl (C=O) groups excluding carboxylic acids is 1. The van der Waals surface area contributed by atoms with Gasteiger partial charge in [-0.1, -0.05) is 12.1 Å². The molecule has 2 unspecified atom stereocenters. The molecule has 5 nitrogen and oxygen atoms in total. The summed E-state index contributed by atoms with van der Waals surface area (Å²) in [5.41, 5.74) is 6.91. The fraction of sp³-hybridized carbons (Fsp3) is 0.500. The number of hydrogen-bond donors (Lipinski definition) is 2. The molecular weight excluding hydrogens is 244 g/mol. The second-order valence-electron chi connectivity index (χ2n) is 4.94. The summed E-state index contributed by atoms with van der Waals surface area (Å²) < 4.78 is 5.41. The quantitative estimate of drug-likeness (QED) is 0.834. The average molecular weight is 264 g/mol. The van der Waals surface area contributed by atoms with Crippen molar-refractivity contribution in [2.24, 2.45) is 5.73 Å². The highest BCUT2D eigenvalue weighted by Gasteiger charge is 2.25. The highest BCUT2D eigenvalue weighted by Crippen LogP contribution is 2.12. The van der Waals surface area contributed by atoms with E-state index in [0.717, 1.165) is 5.56 Å². The third-order valence-electron chi connectivity index (χ3n) is 3.26. The zero-order valence-electron chi connectivity index (χ0n) is 11.1. The Bertz CT molecular complexity index is 433. The molecule has 0 saturated carbocycles. The Balaban J connectivity index is 1.93. The van der Waals surface area contributed by atoms with Crippen molar-refractivity contribution in [3.8, 4) is 5.75 Å². The van der Waals surface area contributed by atoms with Gasteiger partial charge >= 0.3 is 0 Å². The first-order valence-corrected chi connectivity index (χ1v) is 6.50. The summed E-state index contributed by atoms with van der Waals surface area (Å²) in [4.78, 5) is 14.0. The maximum Gasteiger partial charge on any atom is 0.239 e. The molecule has 3 N–H and O–H groups in total. The van der Waals surface area contributed by atoms with Crippen molar-refractivity contribution in [2.75, 3.05) is 19.7 Å². The van der Waals surface area contributed by atoms with E-state index in [-0.39, 0.29) is 17.8 Å². The van der Waals surface area contributed by atoms with Crippen LogP contribution in [0.3, 0.4) is 0 Å². The van der Waals surface area contributed by atoms with E-state index >= 15 is 0 Å². The summed E-state index contributed by atoms with van der Waals surface area (Å²) in [6.07, 6.45) is 0.545. The van der Waals surface area contributed by atoms with E-state index in [0.29, 0.717) is 26.1 Å². The van der Waals surface area contributed by atoms with E-state index in [1.54, 1.807) is 29.2 Å². The molecular formula is C14H20N2O3. The topological polar surface area (TPSA) is 75.8 Å². The van der Waals surface area contributed by atoms with Crippen molar-refractivity contribution in [3.05, 3.63) is 29.8 Å². The van der Waals surface area contributed by atoms with Crippen molar-refractivity contribution in [2.45, 2.75) is 25.5 Å². The molecule has 2 rings (SSSR count). The summed E-state index contributed by atoms with van der Waals surface area (Å²) in [7, 11) is 0. The number of hydrogen-bond acceptors (Lipinski definition) is 4. The number of morpholine rings is 1.